The summed E-state index contributed by atoms with van der Waals surface area (Å²) in [6.45, 7) is 11.9. The summed E-state index contributed by atoms with van der Waals surface area (Å²) in [5, 5.41) is 12.9. The van der Waals surface area contributed by atoms with E-state index in [1.165, 1.54) is 12.8 Å². The lowest BCUT2D eigenvalue weighted by Gasteiger charge is -2.36. The molecule has 0 amide bonds. The van der Waals surface area contributed by atoms with Gasteiger partial charge in [-0.3, -0.25) is 10.2 Å². The average molecular weight is 237 g/mol. The Labute approximate surface area is 106 Å². The van der Waals surface area contributed by atoms with Gasteiger partial charge in [0.15, 0.2) is 0 Å². The van der Waals surface area contributed by atoms with E-state index in [4.69, 9.17) is 0 Å². The van der Waals surface area contributed by atoms with E-state index in [1.807, 2.05) is 6.92 Å². The van der Waals surface area contributed by atoms with E-state index in [1.54, 1.807) is 0 Å². The molecule has 0 heterocycles. The van der Waals surface area contributed by atoms with Crippen molar-refractivity contribution in [1.29, 1.82) is 5.26 Å². The first-order valence-corrected chi connectivity index (χ1v) is 6.86. The lowest BCUT2D eigenvalue weighted by Crippen LogP contribution is -2.49. The van der Waals surface area contributed by atoms with Crippen LogP contribution in [0.15, 0.2) is 0 Å². The van der Waals surface area contributed by atoms with Gasteiger partial charge < -0.3 is 0 Å². The zero-order valence-electron chi connectivity index (χ0n) is 12.0. The molecule has 1 aliphatic rings. The molecule has 0 radical (unpaired) electrons. The molecule has 3 heteroatoms. The smallest absolute Gasteiger partial charge is 0.105 e. The second-order valence-corrected chi connectivity index (χ2v) is 5.84. The van der Waals surface area contributed by atoms with Gasteiger partial charge in [-0.1, -0.05) is 6.92 Å². The summed E-state index contributed by atoms with van der Waals surface area (Å²) >= 11 is 0. The summed E-state index contributed by atoms with van der Waals surface area (Å²) in [5.74, 6) is 0. The predicted molar refractivity (Wildman–Crippen MR) is 71.8 cm³/mol. The number of nitrogens with zero attached hydrogens (tertiary/aromatic N) is 2. The Kier molecular flexibility index (Phi) is 4.97. The molecule has 2 atom stereocenters. The quantitative estimate of drug-likeness (QED) is 0.739. The van der Waals surface area contributed by atoms with Gasteiger partial charge in [-0.05, 0) is 53.5 Å². The van der Waals surface area contributed by atoms with Crippen LogP contribution in [0.4, 0.5) is 0 Å². The minimum Gasteiger partial charge on any atom is -0.298 e. The molecule has 1 rings (SSSR count). The highest BCUT2D eigenvalue weighted by molar-refractivity contribution is 5.08. The monoisotopic (exact) mass is 237 g/mol. The molecule has 1 fully saturated rings. The Bertz CT molecular complexity index is 278. The van der Waals surface area contributed by atoms with Gasteiger partial charge in [0.2, 0.25) is 0 Å². The zero-order chi connectivity index (χ0) is 13.1. The molecule has 2 unspecified atom stereocenters. The first-order chi connectivity index (χ1) is 7.91. The molecule has 0 aliphatic heterocycles. The van der Waals surface area contributed by atoms with E-state index < -0.39 is 0 Å². The maximum atomic E-state index is 9.37. The number of rotatable bonds is 7. The Morgan fingerprint density at radius 3 is 2.35 bits per heavy atom. The largest absolute Gasteiger partial charge is 0.298 e. The van der Waals surface area contributed by atoms with Crippen molar-refractivity contribution in [1.82, 2.24) is 10.2 Å². The summed E-state index contributed by atoms with van der Waals surface area (Å²) in [7, 11) is 0. The SMILES string of the molecule is CCN(C(C)C)C(C)CC(C)(C#N)NC1CC1. The fourth-order valence-corrected chi connectivity index (χ4v) is 2.71. The normalized spacial score (nSPS) is 21.3. The van der Waals surface area contributed by atoms with Crippen LogP contribution < -0.4 is 5.32 Å². The number of hydrogen-bond donors (Lipinski definition) is 1. The number of hydrogen-bond acceptors (Lipinski definition) is 3. The fourth-order valence-electron chi connectivity index (χ4n) is 2.71. The molecule has 1 saturated carbocycles. The molecule has 0 bridgehead atoms. The van der Waals surface area contributed by atoms with Gasteiger partial charge in [-0.25, -0.2) is 0 Å². The lowest BCUT2D eigenvalue weighted by atomic mass is 9.93. The van der Waals surface area contributed by atoms with E-state index in [-0.39, 0.29) is 5.54 Å². The second kappa shape index (κ2) is 5.84. The van der Waals surface area contributed by atoms with E-state index in [0.29, 0.717) is 18.1 Å². The molecule has 0 aromatic heterocycles. The van der Waals surface area contributed by atoms with Crippen LogP contribution in [-0.4, -0.2) is 35.1 Å². The van der Waals surface area contributed by atoms with Crippen LogP contribution in [0.3, 0.4) is 0 Å². The van der Waals surface area contributed by atoms with E-state index in [9.17, 15) is 5.26 Å². The molecule has 17 heavy (non-hydrogen) atoms. The average Bonchev–Trinajstić information content (AvgIpc) is 3.01. The molecule has 0 aromatic rings. The second-order valence-electron chi connectivity index (χ2n) is 5.84. The summed E-state index contributed by atoms with van der Waals surface area (Å²) in [6, 6.07) is 4.03. The van der Waals surface area contributed by atoms with Crippen molar-refractivity contribution in [2.45, 2.75) is 77.5 Å². The van der Waals surface area contributed by atoms with Gasteiger partial charge in [-0.15, -0.1) is 0 Å². The standard InChI is InChI=1S/C14H27N3/c1-6-17(11(2)3)12(4)9-14(5,10-15)16-13-7-8-13/h11-13,16H,6-9H2,1-5H3. The van der Waals surface area contributed by atoms with Crippen LogP contribution in [0.2, 0.25) is 0 Å². The summed E-state index contributed by atoms with van der Waals surface area (Å²) in [6.07, 6.45) is 3.35. The Balaban J connectivity index is 2.56. The van der Waals surface area contributed by atoms with Crippen LogP contribution >= 0.6 is 0 Å². The van der Waals surface area contributed by atoms with Crippen molar-refractivity contribution in [3.05, 3.63) is 0 Å². The van der Waals surface area contributed by atoms with Crippen molar-refractivity contribution in [2.24, 2.45) is 0 Å². The molecule has 1 aliphatic carbocycles. The third kappa shape index (κ3) is 4.29. The topological polar surface area (TPSA) is 39.1 Å². The van der Waals surface area contributed by atoms with Crippen LogP contribution in [0, 0.1) is 11.3 Å². The highest BCUT2D eigenvalue weighted by Crippen LogP contribution is 2.25. The first kappa shape index (κ1) is 14.5. The predicted octanol–water partition coefficient (Wildman–Crippen LogP) is 2.53. The van der Waals surface area contributed by atoms with Crippen LogP contribution in [0.1, 0.15) is 53.9 Å². The molecule has 0 aromatic carbocycles. The third-order valence-corrected chi connectivity index (χ3v) is 3.65. The van der Waals surface area contributed by atoms with E-state index >= 15 is 0 Å². The number of nitriles is 1. The summed E-state index contributed by atoms with van der Waals surface area (Å²) in [5.41, 5.74) is -0.372. The molecule has 0 saturated heterocycles. The van der Waals surface area contributed by atoms with Crippen LogP contribution in [0.5, 0.6) is 0 Å². The van der Waals surface area contributed by atoms with Crippen LogP contribution in [0.25, 0.3) is 0 Å². The van der Waals surface area contributed by atoms with Gasteiger partial charge in [-0.2, -0.15) is 5.26 Å². The Hall–Kier alpha value is -0.590. The Morgan fingerprint density at radius 2 is 2.00 bits per heavy atom. The van der Waals surface area contributed by atoms with Crippen molar-refractivity contribution in [3.63, 3.8) is 0 Å². The van der Waals surface area contributed by atoms with Gasteiger partial charge in [0.1, 0.15) is 5.54 Å². The highest BCUT2D eigenvalue weighted by atomic mass is 15.2. The first-order valence-electron chi connectivity index (χ1n) is 6.86. The molecule has 1 N–H and O–H groups in total. The highest BCUT2D eigenvalue weighted by Gasteiger charge is 2.34. The van der Waals surface area contributed by atoms with Crippen molar-refractivity contribution in [2.75, 3.05) is 6.54 Å². The molecular formula is C14H27N3. The van der Waals surface area contributed by atoms with Gasteiger partial charge >= 0.3 is 0 Å². The summed E-state index contributed by atoms with van der Waals surface area (Å²) in [4.78, 5) is 2.45. The minimum atomic E-state index is -0.372. The molecule has 3 nitrogen and oxygen atoms in total. The van der Waals surface area contributed by atoms with Crippen molar-refractivity contribution in [3.8, 4) is 6.07 Å². The molecule has 0 spiro atoms. The maximum absolute atomic E-state index is 9.37. The van der Waals surface area contributed by atoms with E-state index in [0.717, 1.165) is 13.0 Å². The van der Waals surface area contributed by atoms with Gasteiger partial charge in [0.25, 0.3) is 0 Å². The third-order valence-electron chi connectivity index (χ3n) is 3.65. The number of nitrogens with one attached hydrogen (secondary N) is 1. The van der Waals surface area contributed by atoms with Gasteiger partial charge in [0, 0.05) is 18.1 Å². The Morgan fingerprint density at radius 1 is 1.41 bits per heavy atom. The maximum Gasteiger partial charge on any atom is 0.105 e. The zero-order valence-corrected chi connectivity index (χ0v) is 12.0. The minimum absolute atomic E-state index is 0.372. The van der Waals surface area contributed by atoms with Crippen molar-refractivity contribution < 1.29 is 0 Å². The fraction of sp³-hybridized carbons (Fsp3) is 0.929. The molecular weight excluding hydrogens is 210 g/mol. The molecule has 98 valence electrons. The van der Waals surface area contributed by atoms with Crippen LogP contribution in [-0.2, 0) is 0 Å². The summed E-state index contributed by atoms with van der Waals surface area (Å²) < 4.78 is 0. The van der Waals surface area contributed by atoms with E-state index in [2.05, 4.69) is 44.0 Å². The van der Waals surface area contributed by atoms with Gasteiger partial charge in [0.05, 0.1) is 6.07 Å². The van der Waals surface area contributed by atoms with Crippen molar-refractivity contribution >= 4 is 0 Å². The lowest BCUT2D eigenvalue weighted by molar-refractivity contribution is 0.146.